The summed E-state index contributed by atoms with van der Waals surface area (Å²) in [5.74, 6) is -3.50. The van der Waals surface area contributed by atoms with Gasteiger partial charge in [-0.05, 0) is 0 Å². The van der Waals surface area contributed by atoms with E-state index in [9.17, 15) is 27.4 Å². The Bertz CT molecular complexity index is 885. The molecule has 0 unspecified atom stereocenters. The number of oxime groups is 1. The van der Waals surface area contributed by atoms with Crippen molar-refractivity contribution >= 4 is 50.3 Å². The zero-order valence-corrected chi connectivity index (χ0v) is 17.9. The van der Waals surface area contributed by atoms with Gasteiger partial charge in [-0.3, -0.25) is 9.59 Å². The number of β-lactam (4-membered cyclic amide) rings is 1. The molecule has 3 N–H and O–H groups in total. The maximum Gasteiger partial charge on any atom is 1.00 e. The average Bonchev–Trinajstić information content (AvgIpc) is 2.98. The van der Waals surface area contributed by atoms with Gasteiger partial charge in [-0.2, -0.15) is 0 Å². The molecule has 0 saturated carbocycles. The molecule has 1 aromatic rings. The maximum atomic E-state index is 12.4. The molecule has 1 fully saturated rings. The van der Waals surface area contributed by atoms with E-state index in [1.165, 1.54) is 5.38 Å². The van der Waals surface area contributed by atoms with Crippen molar-refractivity contribution in [3.63, 3.8) is 0 Å². The van der Waals surface area contributed by atoms with E-state index in [2.05, 4.69) is 25.0 Å². The van der Waals surface area contributed by atoms with E-state index >= 15 is 0 Å². The van der Waals surface area contributed by atoms with Crippen molar-refractivity contribution < 1.29 is 66.5 Å². The molecule has 16 heteroatoms. The summed E-state index contributed by atoms with van der Waals surface area (Å²) in [4.78, 5) is 44.4. The van der Waals surface area contributed by atoms with Gasteiger partial charge in [0.25, 0.3) is 11.8 Å². The number of ether oxygens (including phenoxy) is 1. The molecular formula is C11H12N5NaO8S2. The predicted molar refractivity (Wildman–Crippen MR) is 84.4 cm³/mol. The fraction of sp³-hybridized carbons (Fsp3) is 0.364. The molecule has 1 aromatic heterocycles. The van der Waals surface area contributed by atoms with Gasteiger partial charge < -0.3 is 25.2 Å². The van der Waals surface area contributed by atoms with Crippen LogP contribution in [0.25, 0.3) is 0 Å². The van der Waals surface area contributed by atoms with Gasteiger partial charge >= 0.3 is 35.5 Å². The minimum absolute atomic E-state index is 0. The second kappa shape index (κ2) is 8.94. The fourth-order valence-electron chi connectivity index (χ4n) is 2.11. The second-order valence-corrected chi connectivity index (χ2v) is 6.84. The molecule has 1 aliphatic rings. The molecule has 0 spiro atoms. The first kappa shape index (κ1) is 23.3. The molecule has 2 heterocycles. The van der Waals surface area contributed by atoms with Crippen molar-refractivity contribution in [1.29, 1.82) is 0 Å². The molecule has 27 heavy (non-hydrogen) atoms. The number of esters is 1. The molecule has 0 aromatic carbocycles. The van der Waals surface area contributed by atoms with Crippen LogP contribution in [0.5, 0.6) is 0 Å². The Morgan fingerprint density at radius 3 is 2.52 bits per heavy atom. The maximum absolute atomic E-state index is 12.4. The smallest absolute Gasteiger partial charge is 0.731 e. The summed E-state index contributed by atoms with van der Waals surface area (Å²) in [7, 11) is -3.19. The molecule has 142 valence electrons. The molecule has 13 nitrogen and oxygen atoms in total. The number of rotatable bonds is 6. The standard InChI is InChI=1S/C11H13N5O8S2.Na/c1-23-10(19)7-6(9(18)16(7)26(20,21)22)14-8(17)5(15-24-2)4-3-25-11(12)13-4;/h3,6-7H,1-2H3,(H2,12,13)(H,14,17)(H,20,21,22);/q;+1/p-1/t6-,7-;/m0./s1. The van der Waals surface area contributed by atoms with Gasteiger partial charge in [0.05, 0.1) is 7.11 Å². The number of hydrogen-bond acceptors (Lipinski definition) is 12. The van der Waals surface area contributed by atoms with Crippen LogP contribution < -0.4 is 40.6 Å². The van der Waals surface area contributed by atoms with Crippen molar-refractivity contribution in [2.75, 3.05) is 20.0 Å². The monoisotopic (exact) mass is 429 g/mol. The van der Waals surface area contributed by atoms with Crippen LogP contribution in [0.1, 0.15) is 5.69 Å². The first-order chi connectivity index (χ1) is 12.1. The number of anilines is 1. The summed E-state index contributed by atoms with van der Waals surface area (Å²) in [6.07, 6.45) is 0. The van der Waals surface area contributed by atoms with Crippen LogP contribution in [0, 0.1) is 0 Å². The number of nitrogens with two attached hydrogens (primary N) is 1. The average molecular weight is 429 g/mol. The SMILES string of the molecule is CON=C(C(=O)N[C@@H]1C(=O)N(S(=O)(=O)[O-])[C@@H]1C(=O)OC)c1csc(N)n1.[Na+]. The van der Waals surface area contributed by atoms with Gasteiger partial charge in [0, 0.05) is 5.38 Å². The van der Waals surface area contributed by atoms with E-state index in [0.717, 1.165) is 25.6 Å². The van der Waals surface area contributed by atoms with Crippen molar-refractivity contribution in [3.8, 4) is 0 Å². The Labute approximate surface area is 179 Å². The van der Waals surface area contributed by atoms with E-state index in [1.807, 2.05) is 0 Å². The summed E-state index contributed by atoms with van der Waals surface area (Å²) < 4.78 is 37.5. The van der Waals surface area contributed by atoms with Gasteiger partial charge in [-0.25, -0.2) is 22.5 Å². The predicted octanol–water partition coefficient (Wildman–Crippen LogP) is -5.59. The van der Waals surface area contributed by atoms with Gasteiger partial charge in [0.15, 0.2) is 27.2 Å². The number of methoxy groups -OCH3 is 1. The summed E-state index contributed by atoms with van der Waals surface area (Å²) in [5.41, 5.74) is 5.13. The molecule has 0 radical (unpaired) electrons. The van der Waals surface area contributed by atoms with Gasteiger partial charge in [-0.1, -0.05) is 5.16 Å². The Morgan fingerprint density at radius 2 is 2.07 bits per heavy atom. The Balaban J connectivity index is 0.00000364. The second-order valence-electron chi connectivity index (χ2n) is 4.70. The minimum Gasteiger partial charge on any atom is -0.731 e. The zero-order chi connectivity index (χ0) is 19.6. The van der Waals surface area contributed by atoms with Crippen LogP contribution >= 0.6 is 11.3 Å². The molecule has 2 amide bonds. The number of aromatic nitrogens is 1. The quantitative estimate of drug-likeness (QED) is 0.110. The Hall–Kier alpha value is -1.78. The fourth-order valence-corrected chi connectivity index (χ4v) is 3.47. The molecule has 2 rings (SSSR count). The number of carbonyl (C=O) groups is 3. The first-order valence-electron chi connectivity index (χ1n) is 6.62. The van der Waals surface area contributed by atoms with E-state index in [0.29, 0.717) is 0 Å². The number of nitrogens with one attached hydrogen (secondary N) is 1. The largest absolute Gasteiger partial charge is 1.00 e. The van der Waals surface area contributed by atoms with E-state index in [-0.39, 0.29) is 50.4 Å². The van der Waals surface area contributed by atoms with E-state index in [4.69, 9.17) is 5.73 Å². The first-order valence-corrected chi connectivity index (χ1v) is 8.86. The van der Waals surface area contributed by atoms with Gasteiger partial charge in [0.1, 0.15) is 18.8 Å². The molecule has 1 saturated heterocycles. The number of hydrogen-bond donors (Lipinski definition) is 2. The van der Waals surface area contributed by atoms with Crippen molar-refractivity contribution in [3.05, 3.63) is 11.1 Å². The third-order valence-electron chi connectivity index (χ3n) is 3.18. The van der Waals surface area contributed by atoms with Crippen LogP contribution in [-0.2, 0) is 34.3 Å². The number of nitrogen functional groups attached to an aromatic ring is 1. The molecular weight excluding hydrogens is 417 g/mol. The van der Waals surface area contributed by atoms with Crippen molar-refractivity contribution in [1.82, 2.24) is 14.6 Å². The topological polar surface area (TPSA) is 193 Å². The van der Waals surface area contributed by atoms with E-state index in [1.54, 1.807) is 0 Å². The summed E-state index contributed by atoms with van der Waals surface area (Å²) in [6, 6.07) is -3.47. The number of thiazole rings is 1. The normalized spacial score (nSPS) is 19.6. The van der Waals surface area contributed by atoms with Gasteiger partial charge in [-0.15, -0.1) is 11.3 Å². The molecule has 0 aliphatic carbocycles. The van der Waals surface area contributed by atoms with Gasteiger partial charge in [0.2, 0.25) is 0 Å². The Morgan fingerprint density at radius 1 is 1.44 bits per heavy atom. The van der Waals surface area contributed by atoms with Crippen LogP contribution in [0.4, 0.5) is 5.13 Å². The van der Waals surface area contributed by atoms with Crippen molar-refractivity contribution in [2.45, 2.75) is 12.1 Å². The van der Waals surface area contributed by atoms with Crippen LogP contribution in [-0.4, -0.2) is 72.1 Å². The molecule has 1 aliphatic heterocycles. The van der Waals surface area contributed by atoms with E-state index < -0.39 is 40.2 Å². The summed E-state index contributed by atoms with van der Waals surface area (Å²) >= 11 is 1.01. The third-order valence-corrected chi connectivity index (χ3v) is 4.75. The van der Waals surface area contributed by atoms with Crippen LogP contribution in [0.15, 0.2) is 10.5 Å². The number of amides is 2. The minimum atomic E-state index is -5.27. The molecule has 2 atom stereocenters. The van der Waals surface area contributed by atoms with Crippen molar-refractivity contribution in [2.24, 2.45) is 5.16 Å². The third kappa shape index (κ3) is 4.74. The Kier molecular flexibility index (Phi) is 7.70. The summed E-state index contributed by atoms with van der Waals surface area (Å²) in [5, 5.41) is 7.10. The van der Waals surface area contributed by atoms with Crippen LogP contribution in [0.3, 0.4) is 0 Å². The number of carbonyl (C=O) groups excluding carboxylic acids is 3. The zero-order valence-electron chi connectivity index (χ0n) is 14.2. The summed E-state index contributed by atoms with van der Waals surface area (Å²) in [6.45, 7) is 0. The van der Waals surface area contributed by atoms with Crippen LogP contribution in [0.2, 0.25) is 0 Å². The number of nitrogens with zero attached hydrogens (tertiary/aromatic N) is 3. The molecule has 0 bridgehead atoms.